The van der Waals surface area contributed by atoms with Crippen molar-refractivity contribution in [2.24, 2.45) is 4.99 Å². The van der Waals surface area contributed by atoms with Crippen molar-refractivity contribution in [3.8, 4) is 0 Å². The van der Waals surface area contributed by atoms with Gasteiger partial charge in [-0.1, -0.05) is 30.0 Å². The third-order valence-corrected chi connectivity index (χ3v) is 6.12. The van der Waals surface area contributed by atoms with Crippen LogP contribution in [0.2, 0.25) is 0 Å². The fourth-order valence-corrected chi connectivity index (χ4v) is 4.69. The van der Waals surface area contributed by atoms with Crippen LogP contribution in [0, 0.1) is 5.82 Å². The van der Waals surface area contributed by atoms with Crippen molar-refractivity contribution in [3.63, 3.8) is 0 Å². The lowest BCUT2D eigenvalue weighted by Crippen LogP contribution is -2.38. The lowest BCUT2D eigenvalue weighted by atomic mass is 9.94. The minimum atomic E-state index is -0.579. The molecule has 0 saturated heterocycles. The quantitative estimate of drug-likeness (QED) is 0.620. The molecule has 9 heteroatoms. The molecule has 7 nitrogen and oxygen atoms in total. The van der Waals surface area contributed by atoms with Crippen LogP contribution in [0.15, 0.2) is 76.2 Å². The van der Waals surface area contributed by atoms with Gasteiger partial charge in [0.05, 0.1) is 30.3 Å². The van der Waals surface area contributed by atoms with E-state index in [2.05, 4.69) is 15.3 Å². The van der Waals surface area contributed by atoms with Crippen molar-refractivity contribution in [1.82, 2.24) is 15.2 Å². The first-order valence-corrected chi connectivity index (χ1v) is 11.4. The van der Waals surface area contributed by atoms with E-state index in [1.54, 1.807) is 38.4 Å². The SMILES string of the molecule is CCOC(=O)C1=C(C)N=C2SC=C(CC(=O)NCc3cccnc3)N2C1c1ccc(F)cc1. The summed E-state index contributed by atoms with van der Waals surface area (Å²) >= 11 is 1.39. The Bertz CT molecular complexity index is 1150. The molecule has 3 heterocycles. The van der Waals surface area contributed by atoms with Crippen molar-refractivity contribution < 1.29 is 18.7 Å². The minimum absolute atomic E-state index is 0.0964. The molecule has 1 aromatic carbocycles. The molecule has 0 aliphatic carbocycles. The van der Waals surface area contributed by atoms with Crippen LogP contribution in [0.3, 0.4) is 0 Å². The first kappa shape index (κ1) is 22.7. The van der Waals surface area contributed by atoms with E-state index >= 15 is 0 Å². The molecule has 1 atom stereocenters. The molecule has 0 fully saturated rings. The van der Waals surface area contributed by atoms with E-state index in [0.717, 1.165) is 5.56 Å². The number of nitrogens with one attached hydrogen (secondary N) is 1. The Labute approximate surface area is 195 Å². The molecule has 0 saturated carbocycles. The van der Waals surface area contributed by atoms with Crippen molar-refractivity contribution in [3.05, 3.63) is 88.1 Å². The predicted octanol–water partition coefficient (Wildman–Crippen LogP) is 4.07. The molecule has 2 aliphatic rings. The fourth-order valence-electron chi connectivity index (χ4n) is 3.73. The zero-order valence-electron chi connectivity index (χ0n) is 18.2. The highest BCUT2D eigenvalue weighted by Crippen LogP contribution is 2.44. The molecule has 0 bridgehead atoms. The highest BCUT2D eigenvalue weighted by molar-refractivity contribution is 8.16. The molecule has 2 aromatic rings. The number of fused-ring (bicyclic) bond motifs is 1. The van der Waals surface area contributed by atoms with Gasteiger partial charge in [-0.25, -0.2) is 14.2 Å². The number of carbonyl (C=O) groups excluding carboxylic acids is 2. The van der Waals surface area contributed by atoms with E-state index in [9.17, 15) is 14.0 Å². The summed E-state index contributed by atoms with van der Waals surface area (Å²) in [6, 6.07) is 9.10. The Balaban J connectivity index is 1.60. The number of aliphatic imine (C=N–C) groups is 1. The monoisotopic (exact) mass is 466 g/mol. The first-order chi connectivity index (χ1) is 16.0. The van der Waals surface area contributed by atoms with Crippen LogP contribution in [-0.2, 0) is 20.9 Å². The molecular weight excluding hydrogens is 443 g/mol. The number of benzene rings is 1. The summed E-state index contributed by atoms with van der Waals surface area (Å²) in [4.78, 5) is 36.1. The lowest BCUT2D eigenvalue weighted by Gasteiger charge is -2.36. The normalized spacial score (nSPS) is 17.3. The van der Waals surface area contributed by atoms with E-state index in [0.29, 0.717) is 34.2 Å². The second kappa shape index (κ2) is 9.99. The maximum atomic E-state index is 13.6. The summed E-state index contributed by atoms with van der Waals surface area (Å²) < 4.78 is 18.9. The number of allylic oxidation sites excluding steroid dienone is 1. The van der Waals surface area contributed by atoms with Crippen LogP contribution >= 0.6 is 11.8 Å². The summed E-state index contributed by atoms with van der Waals surface area (Å²) in [6.07, 6.45) is 3.47. The van der Waals surface area contributed by atoms with Crippen LogP contribution in [0.25, 0.3) is 0 Å². The Morgan fingerprint density at radius 3 is 2.73 bits per heavy atom. The first-order valence-electron chi connectivity index (χ1n) is 10.5. The van der Waals surface area contributed by atoms with Gasteiger partial charge in [0.25, 0.3) is 0 Å². The Morgan fingerprint density at radius 2 is 2.03 bits per heavy atom. The van der Waals surface area contributed by atoms with Gasteiger partial charge in [0.15, 0.2) is 5.17 Å². The number of ether oxygens (including phenoxy) is 1. The number of halogens is 1. The number of hydrogen-bond acceptors (Lipinski definition) is 7. The molecule has 170 valence electrons. The number of hydrogen-bond donors (Lipinski definition) is 1. The molecule has 1 aromatic heterocycles. The number of amides is 1. The second-order valence-corrected chi connectivity index (χ2v) is 8.32. The van der Waals surface area contributed by atoms with Crippen molar-refractivity contribution in [2.45, 2.75) is 32.9 Å². The van der Waals surface area contributed by atoms with Gasteiger partial charge in [-0.3, -0.25) is 9.78 Å². The van der Waals surface area contributed by atoms with Crippen LogP contribution < -0.4 is 5.32 Å². The number of rotatable bonds is 7. The highest BCUT2D eigenvalue weighted by Gasteiger charge is 2.41. The van der Waals surface area contributed by atoms with Crippen molar-refractivity contribution >= 4 is 28.8 Å². The van der Waals surface area contributed by atoms with Gasteiger partial charge in [-0.2, -0.15) is 0 Å². The minimum Gasteiger partial charge on any atom is -0.463 e. The smallest absolute Gasteiger partial charge is 0.338 e. The van der Waals surface area contributed by atoms with Crippen LogP contribution in [0.1, 0.15) is 37.4 Å². The largest absolute Gasteiger partial charge is 0.463 e. The summed E-state index contributed by atoms with van der Waals surface area (Å²) in [5, 5.41) is 5.42. The summed E-state index contributed by atoms with van der Waals surface area (Å²) in [5.74, 6) is -1.03. The van der Waals surface area contributed by atoms with E-state index < -0.39 is 12.0 Å². The third-order valence-electron chi connectivity index (χ3n) is 5.24. The number of pyridine rings is 1. The van der Waals surface area contributed by atoms with Crippen LogP contribution in [0.5, 0.6) is 0 Å². The van der Waals surface area contributed by atoms with Crippen LogP contribution in [0.4, 0.5) is 4.39 Å². The maximum Gasteiger partial charge on any atom is 0.338 e. The Morgan fingerprint density at radius 1 is 1.24 bits per heavy atom. The molecule has 4 rings (SSSR count). The van der Waals surface area contributed by atoms with E-state index in [1.807, 2.05) is 22.4 Å². The average Bonchev–Trinajstić information content (AvgIpc) is 3.20. The lowest BCUT2D eigenvalue weighted by molar-refractivity contribution is -0.139. The van der Waals surface area contributed by atoms with Gasteiger partial charge in [0.2, 0.25) is 5.91 Å². The Hall–Kier alpha value is -3.46. The van der Waals surface area contributed by atoms with Gasteiger partial charge < -0.3 is 15.0 Å². The standard InChI is InChI=1S/C24H23FN4O3S/c1-3-32-23(31)21-15(2)28-24-29(22(21)17-6-8-18(25)9-7-17)19(14-33-24)11-20(30)27-13-16-5-4-10-26-12-16/h4-10,12,14,22H,3,11,13H2,1-2H3,(H,27,30). The predicted molar refractivity (Wildman–Crippen MR) is 124 cm³/mol. The molecular formula is C24H23FN4O3S. The van der Waals surface area contributed by atoms with Gasteiger partial charge >= 0.3 is 5.97 Å². The molecule has 2 aliphatic heterocycles. The van der Waals surface area contributed by atoms with E-state index in [1.165, 1.54) is 23.9 Å². The molecule has 1 N–H and O–H groups in total. The number of esters is 1. The third kappa shape index (κ3) is 4.98. The number of thioether (sulfide) groups is 1. The maximum absolute atomic E-state index is 13.6. The van der Waals surface area contributed by atoms with Gasteiger partial charge in [0.1, 0.15) is 5.82 Å². The highest BCUT2D eigenvalue weighted by atomic mass is 32.2. The van der Waals surface area contributed by atoms with Gasteiger partial charge in [-0.15, -0.1) is 0 Å². The number of amidine groups is 1. The molecule has 0 radical (unpaired) electrons. The zero-order valence-corrected chi connectivity index (χ0v) is 19.1. The Kier molecular flexibility index (Phi) is 6.88. The topological polar surface area (TPSA) is 83.9 Å². The second-order valence-electron chi connectivity index (χ2n) is 7.48. The number of aromatic nitrogens is 1. The van der Waals surface area contributed by atoms with Gasteiger partial charge in [0, 0.05) is 24.6 Å². The summed E-state index contributed by atoms with van der Waals surface area (Å²) in [7, 11) is 0. The molecule has 1 unspecified atom stereocenters. The molecule has 1 amide bonds. The summed E-state index contributed by atoms with van der Waals surface area (Å²) in [5.41, 5.74) is 3.21. The number of carbonyl (C=O) groups is 2. The number of nitrogens with zero attached hydrogens (tertiary/aromatic N) is 3. The van der Waals surface area contributed by atoms with Gasteiger partial charge in [-0.05, 0) is 48.6 Å². The van der Waals surface area contributed by atoms with Crippen LogP contribution in [-0.4, -0.2) is 33.5 Å². The average molecular weight is 467 g/mol. The molecule has 33 heavy (non-hydrogen) atoms. The van der Waals surface area contributed by atoms with E-state index in [4.69, 9.17) is 4.74 Å². The zero-order chi connectivity index (χ0) is 23.4. The fraction of sp³-hybridized carbons (Fsp3) is 0.250. The van der Waals surface area contributed by atoms with Crippen molar-refractivity contribution in [2.75, 3.05) is 6.61 Å². The van der Waals surface area contributed by atoms with E-state index in [-0.39, 0.29) is 24.8 Å². The summed E-state index contributed by atoms with van der Waals surface area (Å²) in [6.45, 7) is 4.08. The van der Waals surface area contributed by atoms with Crippen molar-refractivity contribution in [1.29, 1.82) is 0 Å². The molecule has 0 spiro atoms.